The van der Waals surface area contributed by atoms with E-state index in [9.17, 15) is 18.0 Å². The van der Waals surface area contributed by atoms with Gasteiger partial charge in [-0.1, -0.05) is 17.7 Å². The molecule has 0 spiro atoms. The van der Waals surface area contributed by atoms with E-state index in [0.29, 0.717) is 22.1 Å². The topological polar surface area (TPSA) is 54.0 Å². The Kier molecular flexibility index (Phi) is 5.32. The summed E-state index contributed by atoms with van der Waals surface area (Å²) in [6, 6.07) is 14.4. The lowest BCUT2D eigenvalue weighted by atomic mass is 10.2. The second kappa shape index (κ2) is 7.67. The van der Waals surface area contributed by atoms with Crippen molar-refractivity contribution in [1.29, 1.82) is 0 Å². The first-order valence-corrected chi connectivity index (χ1v) is 8.16. The van der Waals surface area contributed by atoms with Gasteiger partial charge in [0, 0.05) is 16.3 Å². The number of alkyl halides is 3. The maximum absolute atomic E-state index is 12.8. The minimum atomic E-state index is -4.42. The summed E-state index contributed by atoms with van der Waals surface area (Å²) in [6.45, 7) is 0. The molecule has 1 aromatic heterocycles. The monoisotopic (exact) mass is 391 g/mol. The fourth-order valence-electron chi connectivity index (χ4n) is 2.27. The van der Waals surface area contributed by atoms with E-state index in [2.05, 4.69) is 15.6 Å². The number of rotatable bonds is 4. The number of halogens is 4. The molecule has 1 amide bonds. The number of anilines is 3. The number of aromatic nitrogens is 1. The standard InChI is InChI=1S/C19H13ClF3N3O/c20-14-6-4-12(5-7-14)18(27)26-16-8-9-17(24-11-16)25-15-3-1-2-13(10-15)19(21,22)23/h1-11H,(H,24,25)(H,26,27). The Morgan fingerprint density at radius 2 is 1.70 bits per heavy atom. The summed E-state index contributed by atoms with van der Waals surface area (Å²) in [6.07, 6.45) is -3.01. The number of carbonyl (C=O) groups is 1. The first kappa shape index (κ1) is 18.7. The molecule has 4 nitrogen and oxygen atoms in total. The number of pyridine rings is 1. The normalized spacial score (nSPS) is 11.1. The van der Waals surface area contributed by atoms with Crippen molar-refractivity contribution in [1.82, 2.24) is 4.98 Å². The van der Waals surface area contributed by atoms with Crippen LogP contribution in [0.2, 0.25) is 5.02 Å². The highest BCUT2D eigenvalue weighted by Crippen LogP contribution is 2.31. The lowest BCUT2D eigenvalue weighted by Crippen LogP contribution is -2.12. The Bertz CT molecular complexity index is 942. The lowest BCUT2D eigenvalue weighted by Gasteiger charge is -2.11. The zero-order chi connectivity index (χ0) is 19.4. The SMILES string of the molecule is O=C(Nc1ccc(Nc2cccc(C(F)(F)F)c2)nc1)c1ccc(Cl)cc1. The fourth-order valence-corrected chi connectivity index (χ4v) is 2.39. The van der Waals surface area contributed by atoms with Gasteiger partial charge < -0.3 is 10.6 Å². The van der Waals surface area contributed by atoms with E-state index in [0.717, 1.165) is 12.1 Å². The number of nitrogens with zero attached hydrogens (tertiary/aromatic N) is 1. The molecule has 0 fully saturated rings. The van der Waals surface area contributed by atoms with Crippen molar-refractivity contribution in [3.8, 4) is 0 Å². The van der Waals surface area contributed by atoms with Crippen molar-refractivity contribution in [2.24, 2.45) is 0 Å². The second-order valence-electron chi connectivity index (χ2n) is 5.60. The highest BCUT2D eigenvalue weighted by molar-refractivity contribution is 6.30. The van der Waals surface area contributed by atoms with Crippen LogP contribution in [0.25, 0.3) is 0 Å². The number of amides is 1. The third-order valence-corrected chi connectivity index (χ3v) is 3.84. The van der Waals surface area contributed by atoms with Crippen LogP contribution < -0.4 is 10.6 Å². The molecule has 27 heavy (non-hydrogen) atoms. The van der Waals surface area contributed by atoms with Gasteiger partial charge in [-0.2, -0.15) is 13.2 Å². The molecule has 2 aromatic carbocycles. The lowest BCUT2D eigenvalue weighted by molar-refractivity contribution is -0.137. The zero-order valence-electron chi connectivity index (χ0n) is 13.7. The summed E-state index contributed by atoms with van der Waals surface area (Å²) >= 11 is 5.78. The Balaban J connectivity index is 1.67. The molecule has 0 aliphatic rings. The van der Waals surface area contributed by atoms with Gasteiger partial charge in [-0.15, -0.1) is 0 Å². The number of hydrogen-bond acceptors (Lipinski definition) is 3. The zero-order valence-corrected chi connectivity index (χ0v) is 14.5. The van der Waals surface area contributed by atoms with Gasteiger partial charge in [-0.3, -0.25) is 4.79 Å². The molecular weight excluding hydrogens is 379 g/mol. The van der Waals surface area contributed by atoms with Crippen LogP contribution in [0, 0.1) is 0 Å². The minimum absolute atomic E-state index is 0.260. The van der Waals surface area contributed by atoms with Crippen molar-refractivity contribution >= 4 is 34.7 Å². The molecule has 0 saturated carbocycles. The van der Waals surface area contributed by atoms with E-state index in [4.69, 9.17) is 11.6 Å². The van der Waals surface area contributed by atoms with E-state index < -0.39 is 11.7 Å². The van der Waals surface area contributed by atoms with Crippen LogP contribution in [0.15, 0.2) is 66.9 Å². The third-order valence-electron chi connectivity index (χ3n) is 3.59. The predicted molar refractivity (Wildman–Crippen MR) is 98.4 cm³/mol. The quantitative estimate of drug-likeness (QED) is 0.595. The molecule has 8 heteroatoms. The van der Waals surface area contributed by atoms with Gasteiger partial charge in [0.25, 0.3) is 5.91 Å². The molecule has 0 aliphatic heterocycles. The molecular formula is C19H13ClF3N3O. The molecule has 0 aliphatic carbocycles. The van der Waals surface area contributed by atoms with Crippen LogP contribution in [-0.4, -0.2) is 10.9 Å². The molecule has 1 heterocycles. The molecule has 2 N–H and O–H groups in total. The number of hydrogen-bond donors (Lipinski definition) is 2. The maximum Gasteiger partial charge on any atom is 0.416 e. The van der Waals surface area contributed by atoms with Gasteiger partial charge in [-0.05, 0) is 54.6 Å². The molecule has 3 aromatic rings. The molecule has 0 radical (unpaired) electrons. The third kappa shape index (κ3) is 4.98. The Hall–Kier alpha value is -3.06. The fraction of sp³-hybridized carbons (Fsp3) is 0.0526. The van der Waals surface area contributed by atoms with Gasteiger partial charge in [0.15, 0.2) is 0 Å². The predicted octanol–water partition coefficient (Wildman–Crippen LogP) is 5.75. The first-order chi connectivity index (χ1) is 12.8. The average Bonchev–Trinajstić information content (AvgIpc) is 2.63. The smallest absolute Gasteiger partial charge is 0.340 e. The van der Waals surface area contributed by atoms with Crippen molar-refractivity contribution in [3.05, 3.63) is 83.0 Å². The maximum atomic E-state index is 12.8. The van der Waals surface area contributed by atoms with Gasteiger partial charge >= 0.3 is 6.18 Å². The van der Waals surface area contributed by atoms with E-state index >= 15 is 0 Å². The summed E-state index contributed by atoms with van der Waals surface area (Å²) in [5.74, 6) is 0.0193. The van der Waals surface area contributed by atoms with Crippen LogP contribution in [0.1, 0.15) is 15.9 Å². The molecule has 0 bridgehead atoms. The first-order valence-electron chi connectivity index (χ1n) is 7.78. The van der Waals surface area contributed by atoms with Crippen molar-refractivity contribution in [3.63, 3.8) is 0 Å². The molecule has 3 rings (SSSR count). The number of carbonyl (C=O) groups excluding carboxylic acids is 1. The van der Waals surface area contributed by atoms with Crippen LogP contribution in [0.3, 0.4) is 0 Å². The molecule has 0 atom stereocenters. The van der Waals surface area contributed by atoms with Gasteiger partial charge in [-0.25, -0.2) is 4.98 Å². The second-order valence-corrected chi connectivity index (χ2v) is 6.03. The van der Waals surface area contributed by atoms with E-state index in [1.165, 1.54) is 18.3 Å². The van der Waals surface area contributed by atoms with E-state index in [-0.39, 0.29) is 11.6 Å². The highest BCUT2D eigenvalue weighted by Gasteiger charge is 2.30. The number of nitrogens with one attached hydrogen (secondary N) is 2. The largest absolute Gasteiger partial charge is 0.416 e. The summed E-state index contributed by atoms with van der Waals surface area (Å²) in [4.78, 5) is 16.2. The number of benzene rings is 2. The van der Waals surface area contributed by atoms with Gasteiger partial charge in [0.2, 0.25) is 0 Å². The van der Waals surface area contributed by atoms with Crippen LogP contribution in [0.4, 0.5) is 30.4 Å². The van der Waals surface area contributed by atoms with Crippen molar-refractivity contribution < 1.29 is 18.0 Å². The Morgan fingerprint density at radius 3 is 2.33 bits per heavy atom. The van der Waals surface area contributed by atoms with Gasteiger partial charge in [0.05, 0.1) is 17.4 Å². The molecule has 138 valence electrons. The van der Waals surface area contributed by atoms with Crippen LogP contribution in [-0.2, 0) is 6.18 Å². The Labute approximate surface area is 158 Å². The Morgan fingerprint density at radius 1 is 0.963 bits per heavy atom. The van der Waals surface area contributed by atoms with E-state index in [1.807, 2.05) is 0 Å². The summed E-state index contributed by atoms with van der Waals surface area (Å²) in [5.41, 5.74) is 0.393. The summed E-state index contributed by atoms with van der Waals surface area (Å²) in [5, 5.41) is 6.00. The van der Waals surface area contributed by atoms with Gasteiger partial charge in [0.1, 0.15) is 5.82 Å². The summed E-state index contributed by atoms with van der Waals surface area (Å²) in [7, 11) is 0. The average molecular weight is 392 g/mol. The van der Waals surface area contributed by atoms with Crippen molar-refractivity contribution in [2.45, 2.75) is 6.18 Å². The van der Waals surface area contributed by atoms with E-state index in [1.54, 1.807) is 36.4 Å². The van der Waals surface area contributed by atoms with Crippen LogP contribution in [0.5, 0.6) is 0 Å². The van der Waals surface area contributed by atoms with Crippen molar-refractivity contribution in [2.75, 3.05) is 10.6 Å². The summed E-state index contributed by atoms with van der Waals surface area (Å²) < 4.78 is 38.3. The van der Waals surface area contributed by atoms with Crippen LogP contribution >= 0.6 is 11.6 Å². The minimum Gasteiger partial charge on any atom is -0.340 e. The molecule has 0 unspecified atom stereocenters. The molecule has 0 saturated heterocycles. The highest BCUT2D eigenvalue weighted by atomic mass is 35.5.